The Labute approximate surface area is 235 Å². The summed E-state index contributed by atoms with van der Waals surface area (Å²) in [6.07, 6.45) is 6.40. The molecule has 7 heteroatoms. The predicted molar refractivity (Wildman–Crippen MR) is 153 cm³/mol. The van der Waals surface area contributed by atoms with Crippen molar-refractivity contribution in [1.82, 2.24) is 0 Å². The Balaban J connectivity index is 2.07. The number of fused-ring (bicyclic) bond motifs is 1. The molecular weight excluding hydrogens is 496 g/mol. The van der Waals surface area contributed by atoms with Crippen molar-refractivity contribution in [2.24, 2.45) is 17.8 Å². The van der Waals surface area contributed by atoms with Gasteiger partial charge in [-0.2, -0.15) is 0 Å². The summed E-state index contributed by atoms with van der Waals surface area (Å²) in [6.45, 7) is 15.6. The second-order valence-corrected chi connectivity index (χ2v) is 12.3. The van der Waals surface area contributed by atoms with Crippen molar-refractivity contribution >= 4 is 11.8 Å². The van der Waals surface area contributed by atoms with Gasteiger partial charge in [-0.05, 0) is 83.5 Å². The quantitative estimate of drug-likeness (QED) is 0.281. The molecule has 9 atom stereocenters. The van der Waals surface area contributed by atoms with Gasteiger partial charge in [0.15, 0.2) is 5.78 Å². The molecule has 7 nitrogen and oxygen atoms in total. The first-order valence-electron chi connectivity index (χ1n) is 14.7. The largest absolute Gasteiger partial charge is 0.459 e. The number of aliphatic hydroxyl groups is 3. The number of ketones is 1. The van der Waals surface area contributed by atoms with Crippen molar-refractivity contribution in [3.05, 3.63) is 35.5 Å². The average molecular weight is 549 g/mol. The molecule has 0 amide bonds. The zero-order chi connectivity index (χ0) is 29.3. The monoisotopic (exact) mass is 548 g/mol. The lowest BCUT2D eigenvalue weighted by atomic mass is 9.88. The van der Waals surface area contributed by atoms with E-state index in [4.69, 9.17) is 9.47 Å². The summed E-state index contributed by atoms with van der Waals surface area (Å²) in [7, 11) is 0. The SMILES string of the molecule is C=C1/C=C(\C)[C@@H](C)C[C@H](O)CC(=O)[C@H](O)[C@@H](O)[C@H](C)C[C@H](C)OC(=O)/C(C)=C/CCCC[C@@H]2O[C@H]2C[C@H](C)C1. The van der Waals surface area contributed by atoms with Gasteiger partial charge in [0.25, 0.3) is 0 Å². The van der Waals surface area contributed by atoms with Crippen LogP contribution in [0.25, 0.3) is 0 Å². The highest BCUT2D eigenvalue weighted by molar-refractivity contribution is 5.87. The zero-order valence-electron chi connectivity index (χ0n) is 24.9. The van der Waals surface area contributed by atoms with Gasteiger partial charge in [-0.15, -0.1) is 0 Å². The van der Waals surface area contributed by atoms with Crippen LogP contribution in [0.15, 0.2) is 35.5 Å². The van der Waals surface area contributed by atoms with Gasteiger partial charge in [0.2, 0.25) is 0 Å². The third-order valence-corrected chi connectivity index (χ3v) is 8.17. The smallest absolute Gasteiger partial charge is 0.333 e. The van der Waals surface area contributed by atoms with Crippen molar-refractivity contribution in [3.8, 4) is 0 Å². The van der Waals surface area contributed by atoms with Crippen molar-refractivity contribution < 1.29 is 34.4 Å². The van der Waals surface area contributed by atoms with Crippen LogP contribution in [0.4, 0.5) is 0 Å². The fourth-order valence-electron chi connectivity index (χ4n) is 5.50. The molecule has 0 radical (unpaired) electrons. The van der Waals surface area contributed by atoms with Crippen molar-refractivity contribution in [3.63, 3.8) is 0 Å². The topological polar surface area (TPSA) is 117 Å². The molecule has 222 valence electrons. The van der Waals surface area contributed by atoms with Crippen molar-refractivity contribution in [1.29, 1.82) is 0 Å². The molecule has 2 aliphatic rings. The Kier molecular flexibility index (Phi) is 13.6. The second-order valence-electron chi connectivity index (χ2n) is 12.3. The van der Waals surface area contributed by atoms with Gasteiger partial charge in [0.05, 0.1) is 30.5 Å². The van der Waals surface area contributed by atoms with Gasteiger partial charge >= 0.3 is 5.97 Å². The lowest BCUT2D eigenvalue weighted by molar-refractivity contribution is -0.146. The molecule has 1 fully saturated rings. The predicted octanol–water partition coefficient (Wildman–Crippen LogP) is 5.22. The standard InChI is InChI=1S/C32H52O7/c1-19-13-20(2)15-29-28(39-29)12-10-8-9-11-21(3)32(37)38-25(7)16-24(6)30(35)31(36)27(34)18-26(33)17-23(5)22(4)14-19/h11,14,20,23-26,28-31,33,35-36H,1,8-10,12-13,15-18H2,2-7H3/b21-11+,22-14+/t20-,23+,24-,25+,26+,28+,29+,30+,31+/m1/s1. The molecule has 0 saturated carbocycles. The van der Waals surface area contributed by atoms with Gasteiger partial charge in [0, 0.05) is 12.0 Å². The van der Waals surface area contributed by atoms with E-state index in [1.807, 2.05) is 19.9 Å². The number of epoxide rings is 1. The molecule has 0 aliphatic carbocycles. The van der Waals surface area contributed by atoms with Crippen molar-refractivity contribution in [2.75, 3.05) is 0 Å². The molecule has 0 aromatic rings. The minimum absolute atomic E-state index is 0.0311. The summed E-state index contributed by atoms with van der Waals surface area (Å²) in [5.41, 5.74) is 2.68. The fourth-order valence-corrected chi connectivity index (χ4v) is 5.50. The van der Waals surface area contributed by atoms with Gasteiger partial charge in [-0.3, -0.25) is 4.79 Å². The van der Waals surface area contributed by atoms with Gasteiger partial charge in [0.1, 0.15) is 6.10 Å². The summed E-state index contributed by atoms with van der Waals surface area (Å²) < 4.78 is 11.4. The number of Topliss-reactive ketones (excluding diaryl/α,β-unsaturated/α-hetero) is 1. The van der Waals surface area contributed by atoms with E-state index in [2.05, 4.69) is 19.6 Å². The number of ether oxygens (including phenoxy) is 2. The van der Waals surface area contributed by atoms with Gasteiger partial charge in [-0.25, -0.2) is 4.79 Å². The highest BCUT2D eigenvalue weighted by Gasteiger charge is 2.38. The number of hydrogen-bond donors (Lipinski definition) is 3. The number of esters is 1. The first kappa shape index (κ1) is 33.4. The van der Waals surface area contributed by atoms with E-state index >= 15 is 0 Å². The first-order chi connectivity index (χ1) is 18.3. The Morgan fingerprint density at radius 1 is 0.923 bits per heavy atom. The molecule has 2 heterocycles. The Hall–Kier alpha value is -1.80. The number of cyclic esters (lactones) is 1. The minimum atomic E-state index is -1.61. The highest BCUT2D eigenvalue weighted by Crippen LogP contribution is 2.34. The van der Waals surface area contributed by atoms with E-state index < -0.39 is 42.1 Å². The lowest BCUT2D eigenvalue weighted by Gasteiger charge is -2.26. The molecule has 1 saturated heterocycles. The van der Waals surface area contributed by atoms with Crippen LogP contribution in [0, 0.1) is 17.8 Å². The zero-order valence-corrected chi connectivity index (χ0v) is 24.9. The molecule has 0 aromatic heterocycles. The molecule has 0 spiro atoms. The third kappa shape index (κ3) is 11.7. The van der Waals surface area contributed by atoms with Crippen LogP contribution in [-0.4, -0.2) is 63.7 Å². The molecule has 39 heavy (non-hydrogen) atoms. The fraction of sp³-hybridized carbons (Fsp3) is 0.750. The summed E-state index contributed by atoms with van der Waals surface area (Å²) in [4.78, 5) is 25.1. The molecule has 0 aromatic carbocycles. The van der Waals surface area contributed by atoms with E-state index in [1.54, 1.807) is 20.8 Å². The molecule has 2 aliphatic heterocycles. The number of carbonyl (C=O) groups is 2. The molecular formula is C32H52O7. The molecule has 0 bridgehead atoms. The normalized spacial score (nSPS) is 40.4. The van der Waals surface area contributed by atoms with Crippen LogP contribution in [-0.2, 0) is 19.1 Å². The molecule has 2 rings (SSSR count). The number of rotatable bonds is 0. The number of allylic oxidation sites excluding steroid dienone is 4. The Morgan fingerprint density at radius 2 is 1.62 bits per heavy atom. The maximum absolute atomic E-state index is 12.6. The highest BCUT2D eigenvalue weighted by atomic mass is 16.6. The van der Waals surface area contributed by atoms with Gasteiger partial charge in [-0.1, -0.05) is 57.1 Å². The maximum Gasteiger partial charge on any atom is 0.333 e. The summed E-state index contributed by atoms with van der Waals surface area (Å²) >= 11 is 0. The van der Waals surface area contributed by atoms with Crippen LogP contribution in [0.1, 0.15) is 99.3 Å². The number of aliphatic hydroxyl groups excluding tert-OH is 3. The Bertz CT molecular complexity index is 891. The third-order valence-electron chi connectivity index (χ3n) is 8.17. The van der Waals surface area contributed by atoms with Crippen LogP contribution in [0.3, 0.4) is 0 Å². The van der Waals surface area contributed by atoms with Crippen LogP contribution in [0.5, 0.6) is 0 Å². The first-order valence-corrected chi connectivity index (χ1v) is 14.7. The van der Waals surface area contributed by atoms with Crippen LogP contribution >= 0.6 is 0 Å². The maximum atomic E-state index is 12.6. The van der Waals surface area contributed by atoms with E-state index in [0.29, 0.717) is 36.5 Å². The lowest BCUT2D eigenvalue weighted by Crippen LogP contribution is -2.40. The number of carbonyl (C=O) groups excluding carboxylic acids is 2. The summed E-state index contributed by atoms with van der Waals surface area (Å²) in [6, 6.07) is 0. The average Bonchev–Trinajstić information content (AvgIpc) is 3.58. The van der Waals surface area contributed by atoms with E-state index in [0.717, 1.165) is 49.7 Å². The minimum Gasteiger partial charge on any atom is -0.459 e. The van der Waals surface area contributed by atoms with Crippen molar-refractivity contribution in [2.45, 2.75) is 136 Å². The second kappa shape index (κ2) is 15.8. The summed E-state index contributed by atoms with van der Waals surface area (Å²) in [5.74, 6) is -1.01. The summed E-state index contributed by atoms with van der Waals surface area (Å²) in [5, 5.41) is 31.6. The van der Waals surface area contributed by atoms with Crippen LogP contribution < -0.4 is 0 Å². The van der Waals surface area contributed by atoms with E-state index in [1.165, 1.54) is 0 Å². The molecule has 3 N–H and O–H groups in total. The van der Waals surface area contributed by atoms with E-state index in [-0.39, 0.29) is 12.3 Å². The van der Waals surface area contributed by atoms with E-state index in [9.17, 15) is 24.9 Å². The Morgan fingerprint density at radius 3 is 2.31 bits per heavy atom. The van der Waals surface area contributed by atoms with Crippen LogP contribution in [0.2, 0.25) is 0 Å². The molecule has 0 unspecified atom stereocenters. The van der Waals surface area contributed by atoms with Gasteiger partial charge < -0.3 is 24.8 Å². The number of hydrogen-bond acceptors (Lipinski definition) is 7.